The van der Waals surface area contributed by atoms with Gasteiger partial charge < -0.3 is 0 Å². The van der Waals surface area contributed by atoms with Crippen LogP contribution < -0.4 is 0 Å². The van der Waals surface area contributed by atoms with Crippen LogP contribution in [0, 0.1) is 0 Å². The first-order chi connectivity index (χ1) is 9.93. The summed E-state index contributed by atoms with van der Waals surface area (Å²) in [5.74, 6) is 0. The lowest BCUT2D eigenvalue weighted by atomic mass is 9.52. The number of fused-ring (bicyclic) bond motifs is 2. The SMILES string of the molecule is c1ccc(-[b-]2c3ccccc3cc3ccccc23)cc1. The van der Waals surface area contributed by atoms with E-state index in [2.05, 4.69) is 84.9 Å². The zero-order valence-electron chi connectivity index (χ0n) is 11.2. The molecule has 0 atom stereocenters. The molecular weight excluding hydrogens is 239 g/mol. The molecule has 0 aliphatic carbocycles. The van der Waals surface area contributed by atoms with Crippen molar-refractivity contribution in [3.05, 3.63) is 84.9 Å². The molecule has 0 bridgehead atoms. The number of hydrogen-bond acceptors (Lipinski definition) is 0. The normalized spacial score (nSPS) is 11.0. The van der Waals surface area contributed by atoms with Gasteiger partial charge in [-0.2, -0.15) is 0 Å². The molecule has 0 saturated heterocycles. The third-order valence-corrected chi connectivity index (χ3v) is 4.06. The molecule has 0 unspecified atom stereocenters. The van der Waals surface area contributed by atoms with Crippen LogP contribution in [-0.2, 0) is 0 Å². The molecule has 4 aromatic rings. The predicted octanol–water partition coefficient (Wildman–Crippen LogP) is 5.01. The average molecular weight is 253 g/mol. The van der Waals surface area contributed by atoms with Gasteiger partial charge in [0, 0.05) is 0 Å². The van der Waals surface area contributed by atoms with Crippen molar-refractivity contribution in [1.82, 2.24) is 0 Å². The fourth-order valence-electron chi connectivity index (χ4n) is 3.15. The van der Waals surface area contributed by atoms with E-state index < -0.39 is 0 Å². The monoisotopic (exact) mass is 253 g/mol. The third-order valence-electron chi connectivity index (χ3n) is 4.06. The number of benzene rings is 3. The molecule has 0 radical (unpaired) electrons. The summed E-state index contributed by atoms with van der Waals surface area (Å²) in [5.41, 5.74) is 1.36. The molecule has 0 aliphatic rings. The average Bonchev–Trinajstić information content (AvgIpc) is 2.53. The standard InChI is InChI=1S/C19H14B/c1-2-10-17(11-3-1)20-18-12-6-4-8-15(18)14-16-9-5-7-13-19(16)20/h1-14H/q-1. The van der Waals surface area contributed by atoms with Crippen molar-refractivity contribution in [2.75, 3.05) is 0 Å². The fraction of sp³-hybridized carbons (Fsp3) is 0. The Bertz CT molecular complexity index is 841. The molecule has 0 fully saturated rings. The minimum atomic E-state index is 0.341. The first-order valence-electron chi connectivity index (χ1n) is 7.01. The molecule has 0 N–H and O–H groups in total. The van der Waals surface area contributed by atoms with Gasteiger partial charge in [-0.1, -0.05) is 102 Å². The summed E-state index contributed by atoms with van der Waals surface area (Å²) in [6, 6.07) is 30.5. The van der Waals surface area contributed by atoms with Gasteiger partial charge in [0.2, 0.25) is 0 Å². The quantitative estimate of drug-likeness (QED) is 0.418. The van der Waals surface area contributed by atoms with Crippen LogP contribution in [0.2, 0.25) is 0 Å². The maximum Gasteiger partial charge on any atom is -0.0539 e. The number of rotatable bonds is 1. The molecular formula is C19H14B-. The van der Waals surface area contributed by atoms with E-state index in [1.165, 1.54) is 26.8 Å². The highest BCUT2D eigenvalue weighted by molar-refractivity contribution is 6.84. The zero-order valence-corrected chi connectivity index (χ0v) is 11.2. The largest absolute Gasteiger partial charge is 0.223 e. The van der Waals surface area contributed by atoms with Gasteiger partial charge in [0.1, 0.15) is 0 Å². The van der Waals surface area contributed by atoms with Crippen LogP contribution in [-0.4, -0.2) is 6.34 Å². The highest BCUT2D eigenvalue weighted by Crippen LogP contribution is 2.25. The topological polar surface area (TPSA) is 0 Å². The summed E-state index contributed by atoms with van der Waals surface area (Å²) in [7, 11) is 0. The van der Waals surface area contributed by atoms with Crippen molar-refractivity contribution in [2.45, 2.75) is 0 Å². The first-order valence-corrected chi connectivity index (χ1v) is 7.01. The summed E-state index contributed by atoms with van der Waals surface area (Å²) in [6.07, 6.45) is 0.341. The first kappa shape index (κ1) is 11.4. The third kappa shape index (κ3) is 1.75. The molecule has 0 nitrogen and oxygen atoms in total. The van der Waals surface area contributed by atoms with Crippen LogP contribution in [0.1, 0.15) is 0 Å². The molecule has 0 saturated carbocycles. The highest BCUT2D eigenvalue weighted by atomic mass is 14.0. The Morgan fingerprint density at radius 1 is 0.500 bits per heavy atom. The number of hydrogen-bond donors (Lipinski definition) is 0. The van der Waals surface area contributed by atoms with Crippen molar-refractivity contribution in [2.24, 2.45) is 0 Å². The summed E-state index contributed by atoms with van der Waals surface area (Å²) < 4.78 is 0. The van der Waals surface area contributed by atoms with Gasteiger partial charge in [-0.05, 0) is 0 Å². The van der Waals surface area contributed by atoms with Gasteiger partial charge in [0.05, 0.1) is 0 Å². The minimum Gasteiger partial charge on any atom is -0.223 e. The van der Waals surface area contributed by atoms with E-state index in [4.69, 9.17) is 0 Å². The molecule has 0 amide bonds. The van der Waals surface area contributed by atoms with E-state index in [9.17, 15) is 0 Å². The molecule has 1 heterocycles. The molecule has 4 rings (SSSR count). The lowest BCUT2D eigenvalue weighted by Gasteiger charge is -2.22. The molecule has 20 heavy (non-hydrogen) atoms. The summed E-state index contributed by atoms with van der Waals surface area (Å²) in [6.45, 7) is 0. The van der Waals surface area contributed by atoms with Crippen LogP contribution in [0.4, 0.5) is 0 Å². The van der Waals surface area contributed by atoms with Crippen LogP contribution in [0.15, 0.2) is 84.9 Å². The predicted molar refractivity (Wildman–Crippen MR) is 88.7 cm³/mol. The van der Waals surface area contributed by atoms with E-state index in [0.29, 0.717) is 6.34 Å². The Hall–Kier alpha value is -2.41. The molecule has 0 spiro atoms. The zero-order chi connectivity index (χ0) is 13.4. The second kappa shape index (κ2) is 4.61. The second-order valence-corrected chi connectivity index (χ2v) is 5.25. The highest BCUT2D eigenvalue weighted by Gasteiger charge is 1.98. The fourth-order valence-corrected chi connectivity index (χ4v) is 3.15. The lowest BCUT2D eigenvalue weighted by molar-refractivity contribution is 1.74. The van der Waals surface area contributed by atoms with E-state index in [1.54, 1.807) is 0 Å². The van der Waals surface area contributed by atoms with Gasteiger partial charge in [-0.3, -0.25) is 0 Å². The van der Waals surface area contributed by atoms with Crippen LogP contribution in [0.25, 0.3) is 26.8 Å². The molecule has 0 aliphatic heterocycles. The smallest absolute Gasteiger partial charge is 0.0539 e. The summed E-state index contributed by atoms with van der Waals surface area (Å²) >= 11 is 0. The Morgan fingerprint density at radius 2 is 1.00 bits per heavy atom. The van der Waals surface area contributed by atoms with Crippen molar-refractivity contribution in [3.63, 3.8) is 0 Å². The second-order valence-electron chi connectivity index (χ2n) is 5.25. The molecule has 3 aromatic carbocycles. The minimum absolute atomic E-state index is 0.341. The van der Waals surface area contributed by atoms with Crippen LogP contribution >= 0.6 is 0 Å². The van der Waals surface area contributed by atoms with Crippen molar-refractivity contribution < 1.29 is 0 Å². The van der Waals surface area contributed by atoms with Gasteiger partial charge in [-0.25, -0.2) is 16.0 Å². The van der Waals surface area contributed by atoms with Crippen LogP contribution in [0.5, 0.6) is 0 Å². The Kier molecular flexibility index (Phi) is 2.63. The maximum absolute atomic E-state index is 2.30. The van der Waals surface area contributed by atoms with Crippen molar-refractivity contribution >= 4 is 27.7 Å². The van der Waals surface area contributed by atoms with Crippen LogP contribution in [0.3, 0.4) is 0 Å². The summed E-state index contributed by atoms with van der Waals surface area (Å²) in [4.78, 5) is 0. The Labute approximate surface area is 118 Å². The van der Waals surface area contributed by atoms with E-state index >= 15 is 0 Å². The summed E-state index contributed by atoms with van der Waals surface area (Å²) in [5, 5.41) is 5.47. The van der Waals surface area contributed by atoms with Gasteiger partial charge in [0.15, 0.2) is 0 Å². The van der Waals surface area contributed by atoms with Gasteiger partial charge in [0.25, 0.3) is 0 Å². The lowest BCUT2D eigenvalue weighted by Crippen LogP contribution is -2.00. The van der Waals surface area contributed by atoms with Crippen molar-refractivity contribution in [3.8, 4) is 5.46 Å². The van der Waals surface area contributed by atoms with Gasteiger partial charge in [-0.15, -0.1) is 0 Å². The van der Waals surface area contributed by atoms with E-state index in [1.807, 2.05) is 0 Å². The maximum atomic E-state index is 2.30. The van der Waals surface area contributed by atoms with E-state index in [-0.39, 0.29) is 0 Å². The van der Waals surface area contributed by atoms with Gasteiger partial charge >= 0.3 is 0 Å². The molecule has 94 valence electrons. The Balaban J connectivity index is 2.24. The Morgan fingerprint density at radius 3 is 1.60 bits per heavy atom. The van der Waals surface area contributed by atoms with Crippen molar-refractivity contribution in [1.29, 1.82) is 0 Å². The van der Waals surface area contributed by atoms with E-state index in [0.717, 1.165) is 0 Å². The molecule has 1 aromatic heterocycles. The molecule has 1 heteroatoms.